The molecule has 0 saturated heterocycles. The smallest absolute Gasteiger partial charge is 0.226 e. The molecule has 0 aliphatic rings. The van der Waals surface area contributed by atoms with E-state index >= 15 is 0 Å². The highest BCUT2D eigenvalue weighted by atomic mass is 35.5. The van der Waals surface area contributed by atoms with Gasteiger partial charge in [0.05, 0.1) is 10.6 Å². The molecule has 4 heteroatoms. The lowest BCUT2D eigenvalue weighted by atomic mass is 10.2. The Morgan fingerprint density at radius 1 is 1.33 bits per heavy atom. The van der Waals surface area contributed by atoms with Crippen LogP contribution in [0.5, 0.6) is 5.88 Å². The molecule has 92 valence electrons. The Bertz CT molecular complexity index is 555. The molecule has 1 aromatic carbocycles. The SMILES string of the molecule is Cc1cc(Cl)c(C=O)c(OCc2ccccc2)n1. The highest BCUT2D eigenvalue weighted by Crippen LogP contribution is 2.24. The number of nitrogens with zero attached hydrogens (tertiary/aromatic N) is 1. The summed E-state index contributed by atoms with van der Waals surface area (Å²) in [5, 5.41) is 0.362. The fourth-order valence-electron chi connectivity index (χ4n) is 1.56. The van der Waals surface area contributed by atoms with Crippen molar-refractivity contribution in [1.82, 2.24) is 4.98 Å². The van der Waals surface area contributed by atoms with Crippen molar-refractivity contribution in [2.75, 3.05) is 0 Å². The molecule has 0 radical (unpaired) electrons. The standard InChI is InChI=1S/C14H12ClNO2/c1-10-7-13(15)12(8-17)14(16-10)18-9-11-5-3-2-4-6-11/h2-8H,9H2,1H3. The lowest BCUT2D eigenvalue weighted by Crippen LogP contribution is -2.02. The number of halogens is 1. The molecule has 2 aromatic rings. The molecule has 2 rings (SSSR count). The Morgan fingerprint density at radius 2 is 2.06 bits per heavy atom. The summed E-state index contributed by atoms with van der Waals surface area (Å²) in [6, 6.07) is 11.3. The van der Waals surface area contributed by atoms with Crippen LogP contribution in [0, 0.1) is 6.92 Å². The van der Waals surface area contributed by atoms with E-state index in [-0.39, 0.29) is 11.4 Å². The third-order valence-electron chi connectivity index (χ3n) is 2.44. The summed E-state index contributed by atoms with van der Waals surface area (Å²) >= 11 is 5.97. The number of benzene rings is 1. The Hall–Kier alpha value is -1.87. The number of hydrogen-bond acceptors (Lipinski definition) is 3. The van der Waals surface area contributed by atoms with Crippen molar-refractivity contribution in [3.05, 3.63) is 58.2 Å². The van der Waals surface area contributed by atoms with Gasteiger partial charge in [-0.15, -0.1) is 0 Å². The second-order valence-electron chi connectivity index (χ2n) is 3.86. The maximum Gasteiger partial charge on any atom is 0.226 e. The van der Waals surface area contributed by atoms with Gasteiger partial charge in [0.2, 0.25) is 5.88 Å². The molecule has 0 atom stereocenters. The van der Waals surface area contributed by atoms with Crippen LogP contribution >= 0.6 is 11.6 Å². The minimum absolute atomic E-state index is 0.277. The molecule has 0 saturated carbocycles. The lowest BCUT2D eigenvalue weighted by Gasteiger charge is -2.09. The molecule has 0 aliphatic heterocycles. The Balaban J connectivity index is 2.21. The third-order valence-corrected chi connectivity index (χ3v) is 2.75. The Morgan fingerprint density at radius 3 is 2.72 bits per heavy atom. The minimum atomic E-state index is 0.277. The molecule has 0 aliphatic carbocycles. The number of aryl methyl sites for hydroxylation is 1. The van der Waals surface area contributed by atoms with Crippen LogP contribution in [-0.2, 0) is 6.61 Å². The zero-order chi connectivity index (χ0) is 13.0. The molecule has 0 N–H and O–H groups in total. The maximum atomic E-state index is 11.0. The van der Waals surface area contributed by atoms with Gasteiger partial charge < -0.3 is 4.74 Å². The minimum Gasteiger partial charge on any atom is -0.472 e. The maximum absolute atomic E-state index is 11.0. The van der Waals surface area contributed by atoms with Crippen molar-refractivity contribution in [3.8, 4) is 5.88 Å². The summed E-state index contributed by atoms with van der Waals surface area (Å²) in [6.45, 7) is 2.16. The monoisotopic (exact) mass is 261 g/mol. The summed E-state index contributed by atoms with van der Waals surface area (Å²) in [4.78, 5) is 15.1. The summed E-state index contributed by atoms with van der Waals surface area (Å²) in [5.41, 5.74) is 2.01. The van der Waals surface area contributed by atoms with Crippen LogP contribution in [0.2, 0.25) is 5.02 Å². The largest absolute Gasteiger partial charge is 0.472 e. The van der Waals surface area contributed by atoms with Crippen LogP contribution < -0.4 is 4.74 Å². The number of pyridine rings is 1. The van der Waals surface area contributed by atoms with Gasteiger partial charge in [0, 0.05) is 5.69 Å². The third kappa shape index (κ3) is 2.87. The summed E-state index contributed by atoms with van der Waals surface area (Å²) in [5.74, 6) is 0.277. The van der Waals surface area contributed by atoms with Gasteiger partial charge in [-0.1, -0.05) is 41.9 Å². The normalized spacial score (nSPS) is 10.1. The lowest BCUT2D eigenvalue weighted by molar-refractivity contribution is 0.111. The van der Waals surface area contributed by atoms with Crippen LogP contribution in [0.15, 0.2) is 36.4 Å². The average Bonchev–Trinajstić information content (AvgIpc) is 2.37. The molecule has 1 aromatic heterocycles. The zero-order valence-corrected chi connectivity index (χ0v) is 10.6. The van der Waals surface area contributed by atoms with E-state index in [1.54, 1.807) is 13.0 Å². The van der Waals surface area contributed by atoms with Gasteiger partial charge in [-0.05, 0) is 18.6 Å². The summed E-state index contributed by atoms with van der Waals surface area (Å²) in [6.07, 6.45) is 0.662. The number of carbonyl (C=O) groups excluding carboxylic acids is 1. The fourth-order valence-corrected chi connectivity index (χ4v) is 1.84. The first kappa shape index (κ1) is 12.6. The first-order valence-corrected chi connectivity index (χ1v) is 5.87. The van der Waals surface area contributed by atoms with Crippen LogP contribution in [0.3, 0.4) is 0 Å². The van der Waals surface area contributed by atoms with Gasteiger partial charge in [0.1, 0.15) is 6.61 Å². The summed E-state index contributed by atoms with van der Waals surface area (Å²) < 4.78 is 5.55. The van der Waals surface area contributed by atoms with Crippen molar-refractivity contribution in [1.29, 1.82) is 0 Å². The van der Waals surface area contributed by atoms with E-state index in [2.05, 4.69) is 4.98 Å². The number of aldehydes is 1. The number of hydrogen-bond donors (Lipinski definition) is 0. The average molecular weight is 262 g/mol. The van der Waals surface area contributed by atoms with E-state index in [1.165, 1.54) is 0 Å². The molecular formula is C14H12ClNO2. The Kier molecular flexibility index (Phi) is 3.95. The highest BCUT2D eigenvalue weighted by Gasteiger charge is 2.10. The number of rotatable bonds is 4. The predicted molar refractivity (Wildman–Crippen MR) is 70.1 cm³/mol. The van der Waals surface area contributed by atoms with Gasteiger partial charge in [-0.2, -0.15) is 0 Å². The molecule has 18 heavy (non-hydrogen) atoms. The van der Waals surface area contributed by atoms with Gasteiger partial charge >= 0.3 is 0 Å². The molecule has 0 amide bonds. The Labute approximate surface area is 110 Å². The van der Waals surface area contributed by atoms with Gasteiger partial charge in [0.25, 0.3) is 0 Å². The van der Waals surface area contributed by atoms with Gasteiger partial charge in [0.15, 0.2) is 6.29 Å². The first-order valence-electron chi connectivity index (χ1n) is 5.49. The molecule has 0 unspecified atom stereocenters. The van der Waals surface area contributed by atoms with Crippen molar-refractivity contribution in [2.24, 2.45) is 0 Å². The fraction of sp³-hybridized carbons (Fsp3) is 0.143. The van der Waals surface area contributed by atoms with Gasteiger partial charge in [-0.3, -0.25) is 4.79 Å². The molecule has 0 fully saturated rings. The molecule has 0 bridgehead atoms. The van der Waals surface area contributed by atoms with Crippen molar-refractivity contribution < 1.29 is 9.53 Å². The van der Waals surface area contributed by atoms with Crippen LogP contribution in [0.1, 0.15) is 21.6 Å². The van der Waals surface area contributed by atoms with E-state index in [4.69, 9.17) is 16.3 Å². The van der Waals surface area contributed by atoms with E-state index in [0.29, 0.717) is 23.6 Å². The van der Waals surface area contributed by atoms with Crippen LogP contribution in [0.25, 0.3) is 0 Å². The second kappa shape index (κ2) is 5.65. The number of aromatic nitrogens is 1. The molecule has 1 heterocycles. The highest BCUT2D eigenvalue weighted by molar-refractivity contribution is 6.33. The van der Waals surface area contributed by atoms with Crippen LogP contribution in [0.4, 0.5) is 0 Å². The van der Waals surface area contributed by atoms with Crippen molar-refractivity contribution >= 4 is 17.9 Å². The zero-order valence-electron chi connectivity index (χ0n) is 9.89. The van der Waals surface area contributed by atoms with E-state index < -0.39 is 0 Å². The van der Waals surface area contributed by atoms with Crippen LogP contribution in [-0.4, -0.2) is 11.3 Å². The number of carbonyl (C=O) groups is 1. The van der Waals surface area contributed by atoms with E-state index in [9.17, 15) is 4.79 Å². The quantitative estimate of drug-likeness (QED) is 0.792. The van der Waals surface area contributed by atoms with E-state index in [1.807, 2.05) is 30.3 Å². The second-order valence-corrected chi connectivity index (χ2v) is 4.26. The predicted octanol–water partition coefficient (Wildman–Crippen LogP) is 3.43. The molecular weight excluding hydrogens is 250 g/mol. The summed E-state index contributed by atoms with van der Waals surface area (Å²) in [7, 11) is 0. The molecule has 0 spiro atoms. The van der Waals surface area contributed by atoms with Gasteiger partial charge in [-0.25, -0.2) is 4.98 Å². The number of ether oxygens (including phenoxy) is 1. The molecule has 3 nitrogen and oxygen atoms in total. The topological polar surface area (TPSA) is 39.2 Å². The van der Waals surface area contributed by atoms with E-state index in [0.717, 1.165) is 5.56 Å². The first-order chi connectivity index (χ1) is 8.70. The van der Waals surface area contributed by atoms with Crippen molar-refractivity contribution in [2.45, 2.75) is 13.5 Å². The van der Waals surface area contributed by atoms with Crippen molar-refractivity contribution in [3.63, 3.8) is 0 Å².